The van der Waals surface area contributed by atoms with Gasteiger partial charge in [-0.3, -0.25) is 4.79 Å². The average molecular weight is 234 g/mol. The number of aromatic hydroxyl groups is 1. The molecule has 2 unspecified atom stereocenters. The Balaban J connectivity index is 1.94. The molecule has 0 spiro atoms. The van der Waals surface area contributed by atoms with Crippen LogP contribution in [-0.2, 0) is 4.79 Å². The first-order valence-electron chi connectivity index (χ1n) is 5.98. The van der Waals surface area contributed by atoms with Crippen LogP contribution in [0.3, 0.4) is 0 Å². The number of piperidine rings is 1. The zero-order valence-electron chi connectivity index (χ0n) is 9.94. The number of rotatable bonds is 2. The van der Waals surface area contributed by atoms with E-state index in [2.05, 4.69) is 17.6 Å². The van der Waals surface area contributed by atoms with E-state index in [0.29, 0.717) is 6.04 Å². The molecule has 1 aromatic rings. The number of amides is 1. The molecule has 0 bridgehead atoms. The SMILES string of the molecule is CC1CC(C(=O)Nc2ccc(O)cc2)CCN1. The van der Waals surface area contributed by atoms with Crippen LogP contribution < -0.4 is 10.6 Å². The van der Waals surface area contributed by atoms with Crippen molar-refractivity contribution < 1.29 is 9.90 Å². The molecule has 1 heterocycles. The van der Waals surface area contributed by atoms with Gasteiger partial charge in [0.15, 0.2) is 0 Å². The number of phenolic OH excluding ortho intramolecular Hbond substituents is 1. The fourth-order valence-electron chi connectivity index (χ4n) is 2.16. The van der Waals surface area contributed by atoms with E-state index in [1.807, 2.05) is 0 Å². The Morgan fingerprint density at radius 2 is 2.12 bits per heavy atom. The van der Waals surface area contributed by atoms with E-state index in [4.69, 9.17) is 5.11 Å². The van der Waals surface area contributed by atoms with Crippen LogP contribution >= 0.6 is 0 Å². The van der Waals surface area contributed by atoms with E-state index in [-0.39, 0.29) is 17.6 Å². The molecule has 3 N–H and O–H groups in total. The standard InChI is InChI=1S/C13H18N2O2/c1-9-8-10(6-7-14-9)13(17)15-11-2-4-12(16)5-3-11/h2-5,9-10,14,16H,6-8H2,1H3,(H,15,17). The molecule has 2 rings (SSSR count). The molecule has 4 nitrogen and oxygen atoms in total. The van der Waals surface area contributed by atoms with Crippen molar-refractivity contribution in [3.8, 4) is 5.75 Å². The van der Waals surface area contributed by atoms with Gasteiger partial charge in [-0.2, -0.15) is 0 Å². The Morgan fingerprint density at radius 1 is 1.41 bits per heavy atom. The van der Waals surface area contributed by atoms with E-state index >= 15 is 0 Å². The van der Waals surface area contributed by atoms with Crippen LogP contribution in [0, 0.1) is 5.92 Å². The molecule has 0 aromatic heterocycles. The van der Waals surface area contributed by atoms with Crippen molar-refractivity contribution in [3.63, 3.8) is 0 Å². The zero-order chi connectivity index (χ0) is 12.3. The minimum Gasteiger partial charge on any atom is -0.508 e. The molecule has 0 saturated carbocycles. The quantitative estimate of drug-likeness (QED) is 0.683. The number of carbonyl (C=O) groups excluding carboxylic acids is 1. The molecule has 92 valence electrons. The number of anilines is 1. The fraction of sp³-hybridized carbons (Fsp3) is 0.462. The largest absolute Gasteiger partial charge is 0.508 e. The maximum atomic E-state index is 12.0. The van der Waals surface area contributed by atoms with Crippen molar-refractivity contribution >= 4 is 11.6 Å². The van der Waals surface area contributed by atoms with Crippen LogP contribution in [0.2, 0.25) is 0 Å². The number of phenols is 1. The lowest BCUT2D eigenvalue weighted by Crippen LogP contribution is -2.40. The molecule has 1 aliphatic rings. The smallest absolute Gasteiger partial charge is 0.227 e. The minimum absolute atomic E-state index is 0.0732. The third kappa shape index (κ3) is 3.20. The highest BCUT2D eigenvalue weighted by Crippen LogP contribution is 2.19. The van der Waals surface area contributed by atoms with Crippen LogP contribution in [0.1, 0.15) is 19.8 Å². The van der Waals surface area contributed by atoms with Gasteiger partial charge in [-0.15, -0.1) is 0 Å². The van der Waals surface area contributed by atoms with Crippen molar-refractivity contribution in [1.82, 2.24) is 5.32 Å². The minimum atomic E-state index is 0.0732. The van der Waals surface area contributed by atoms with Crippen molar-refractivity contribution in [2.75, 3.05) is 11.9 Å². The number of carbonyl (C=O) groups is 1. The monoisotopic (exact) mass is 234 g/mol. The van der Waals surface area contributed by atoms with Crippen LogP contribution in [0.15, 0.2) is 24.3 Å². The summed E-state index contributed by atoms with van der Waals surface area (Å²) in [6, 6.07) is 6.95. The summed E-state index contributed by atoms with van der Waals surface area (Å²) >= 11 is 0. The molecule has 1 amide bonds. The molecular weight excluding hydrogens is 216 g/mol. The van der Waals surface area contributed by atoms with Gasteiger partial charge in [0, 0.05) is 17.6 Å². The van der Waals surface area contributed by atoms with Gasteiger partial charge in [0.05, 0.1) is 0 Å². The van der Waals surface area contributed by atoms with Gasteiger partial charge in [0.2, 0.25) is 5.91 Å². The maximum Gasteiger partial charge on any atom is 0.227 e. The second-order valence-corrected chi connectivity index (χ2v) is 4.61. The van der Waals surface area contributed by atoms with Crippen molar-refractivity contribution in [3.05, 3.63) is 24.3 Å². The lowest BCUT2D eigenvalue weighted by atomic mass is 9.92. The highest BCUT2D eigenvalue weighted by molar-refractivity contribution is 5.92. The lowest BCUT2D eigenvalue weighted by Gasteiger charge is -2.27. The topological polar surface area (TPSA) is 61.4 Å². The summed E-state index contributed by atoms with van der Waals surface area (Å²) in [5.41, 5.74) is 0.735. The van der Waals surface area contributed by atoms with E-state index < -0.39 is 0 Å². The molecule has 17 heavy (non-hydrogen) atoms. The van der Waals surface area contributed by atoms with Crippen LogP contribution in [0.5, 0.6) is 5.75 Å². The molecule has 1 aromatic carbocycles. The molecule has 0 radical (unpaired) electrons. The van der Waals surface area contributed by atoms with Crippen LogP contribution in [0.25, 0.3) is 0 Å². The zero-order valence-corrected chi connectivity index (χ0v) is 9.94. The first kappa shape index (κ1) is 11.9. The van der Waals surface area contributed by atoms with Crippen LogP contribution in [-0.4, -0.2) is 23.6 Å². The predicted octanol–water partition coefficient (Wildman–Crippen LogP) is 1.72. The van der Waals surface area contributed by atoms with E-state index in [1.54, 1.807) is 24.3 Å². The number of hydrogen-bond donors (Lipinski definition) is 3. The van der Waals surface area contributed by atoms with Gasteiger partial charge in [-0.1, -0.05) is 0 Å². The molecule has 1 saturated heterocycles. The Labute approximate surface area is 101 Å². The van der Waals surface area contributed by atoms with Crippen LogP contribution in [0.4, 0.5) is 5.69 Å². The summed E-state index contributed by atoms with van der Waals surface area (Å²) in [5.74, 6) is 0.364. The summed E-state index contributed by atoms with van der Waals surface area (Å²) in [4.78, 5) is 12.0. The number of nitrogens with one attached hydrogen (secondary N) is 2. The Bertz CT molecular complexity index is 389. The highest BCUT2D eigenvalue weighted by Gasteiger charge is 2.24. The molecule has 4 heteroatoms. The van der Waals surface area contributed by atoms with E-state index in [1.165, 1.54) is 0 Å². The third-order valence-corrected chi connectivity index (χ3v) is 3.13. The van der Waals surface area contributed by atoms with Gasteiger partial charge in [-0.25, -0.2) is 0 Å². The van der Waals surface area contributed by atoms with Gasteiger partial charge < -0.3 is 15.7 Å². The molecular formula is C13H18N2O2. The second-order valence-electron chi connectivity index (χ2n) is 4.61. The Hall–Kier alpha value is -1.55. The van der Waals surface area contributed by atoms with Crippen molar-refractivity contribution in [1.29, 1.82) is 0 Å². The first-order valence-corrected chi connectivity index (χ1v) is 5.98. The summed E-state index contributed by atoms with van der Waals surface area (Å²) in [6.07, 6.45) is 1.76. The normalized spacial score (nSPS) is 24.3. The van der Waals surface area contributed by atoms with Crippen molar-refractivity contribution in [2.24, 2.45) is 5.92 Å². The predicted molar refractivity (Wildman–Crippen MR) is 66.9 cm³/mol. The fourth-order valence-corrected chi connectivity index (χ4v) is 2.16. The maximum absolute atomic E-state index is 12.0. The summed E-state index contributed by atoms with van der Waals surface area (Å²) in [6.45, 7) is 2.99. The van der Waals surface area contributed by atoms with E-state index in [0.717, 1.165) is 25.1 Å². The van der Waals surface area contributed by atoms with Gasteiger partial charge in [0.1, 0.15) is 5.75 Å². The molecule has 0 aliphatic carbocycles. The first-order chi connectivity index (χ1) is 8.15. The average Bonchev–Trinajstić information content (AvgIpc) is 2.32. The Morgan fingerprint density at radius 3 is 2.76 bits per heavy atom. The van der Waals surface area contributed by atoms with Gasteiger partial charge in [-0.05, 0) is 50.6 Å². The lowest BCUT2D eigenvalue weighted by molar-refractivity contribution is -0.120. The Kier molecular flexibility index (Phi) is 3.64. The molecule has 2 atom stereocenters. The van der Waals surface area contributed by atoms with E-state index in [9.17, 15) is 4.79 Å². The highest BCUT2D eigenvalue weighted by atomic mass is 16.3. The molecule has 1 fully saturated rings. The molecule has 1 aliphatic heterocycles. The number of benzene rings is 1. The summed E-state index contributed by atoms with van der Waals surface area (Å²) in [7, 11) is 0. The summed E-state index contributed by atoms with van der Waals surface area (Å²) < 4.78 is 0. The third-order valence-electron chi connectivity index (χ3n) is 3.13. The number of hydrogen-bond acceptors (Lipinski definition) is 3. The van der Waals surface area contributed by atoms with Gasteiger partial charge in [0.25, 0.3) is 0 Å². The van der Waals surface area contributed by atoms with Crippen molar-refractivity contribution in [2.45, 2.75) is 25.8 Å². The van der Waals surface area contributed by atoms with Gasteiger partial charge >= 0.3 is 0 Å². The second kappa shape index (κ2) is 5.19. The summed E-state index contributed by atoms with van der Waals surface area (Å²) in [5, 5.41) is 15.4.